The normalized spacial score (nSPS) is 11.3. The standard InChI is InChI=1S/C24H24N4O2S/c1-3-30-23(29)13-21-16-31-24(26-21)27-25-14-19-8-9-22-20(12-19)10-11-28(22)15-18-6-4-17(2)5-7-18/h4-12,14,16H,3,13,15H2,1-2H3,(H,26,27). The maximum absolute atomic E-state index is 11.5. The minimum atomic E-state index is -0.273. The Bertz CT molecular complexity index is 1210. The summed E-state index contributed by atoms with van der Waals surface area (Å²) in [4.78, 5) is 15.9. The molecule has 2 aromatic carbocycles. The Morgan fingerprint density at radius 1 is 1.23 bits per heavy atom. The van der Waals surface area contributed by atoms with Crippen molar-refractivity contribution in [3.63, 3.8) is 0 Å². The van der Waals surface area contributed by atoms with Gasteiger partial charge in [-0.1, -0.05) is 35.9 Å². The third-order valence-corrected chi connectivity index (χ3v) is 5.62. The summed E-state index contributed by atoms with van der Waals surface area (Å²) in [6, 6.07) is 17.0. The van der Waals surface area contributed by atoms with Crippen molar-refractivity contribution < 1.29 is 9.53 Å². The molecule has 0 bridgehead atoms. The predicted octanol–water partition coefficient (Wildman–Crippen LogP) is 5.01. The van der Waals surface area contributed by atoms with E-state index in [1.165, 1.54) is 33.4 Å². The number of hydrazone groups is 1. The van der Waals surface area contributed by atoms with Crippen LogP contribution in [-0.4, -0.2) is 28.3 Å². The molecule has 4 aromatic rings. The van der Waals surface area contributed by atoms with Gasteiger partial charge < -0.3 is 9.30 Å². The van der Waals surface area contributed by atoms with Gasteiger partial charge in [0.1, 0.15) is 0 Å². The van der Waals surface area contributed by atoms with E-state index < -0.39 is 0 Å². The quantitative estimate of drug-likeness (QED) is 0.242. The molecule has 0 amide bonds. The molecular weight excluding hydrogens is 408 g/mol. The summed E-state index contributed by atoms with van der Waals surface area (Å²) in [5.74, 6) is -0.273. The molecule has 1 N–H and O–H groups in total. The molecule has 2 heterocycles. The second kappa shape index (κ2) is 9.57. The van der Waals surface area contributed by atoms with Crippen LogP contribution in [0.15, 0.2) is 65.2 Å². The highest BCUT2D eigenvalue weighted by Gasteiger charge is 2.08. The highest BCUT2D eigenvalue weighted by molar-refractivity contribution is 7.13. The van der Waals surface area contributed by atoms with Crippen LogP contribution in [0.25, 0.3) is 10.9 Å². The number of thiazole rings is 1. The molecule has 0 aliphatic carbocycles. The molecule has 4 rings (SSSR count). The number of carbonyl (C=O) groups is 1. The van der Waals surface area contributed by atoms with Gasteiger partial charge in [0.05, 0.1) is 24.9 Å². The van der Waals surface area contributed by atoms with Crippen LogP contribution in [0.2, 0.25) is 0 Å². The van der Waals surface area contributed by atoms with Crippen LogP contribution in [0, 0.1) is 6.92 Å². The number of esters is 1. The molecule has 158 valence electrons. The fourth-order valence-electron chi connectivity index (χ4n) is 3.29. The maximum Gasteiger partial charge on any atom is 0.311 e. The van der Waals surface area contributed by atoms with E-state index in [1.807, 2.05) is 11.4 Å². The number of ether oxygens (including phenoxy) is 1. The molecular formula is C24H24N4O2S. The monoisotopic (exact) mass is 432 g/mol. The largest absolute Gasteiger partial charge is 0.466 e. The average molecular weight is 433 g/mol. The fourth-order valence-corrected chi connectivity index (χ4v) is 3.95. The molecule has 6 nitrogen and oxygen atoms in total. The van der Waals surface area contributed by atoms with E-state index in [0.29, 0.717) is 17.4 Å². The van der Waals surface area contributed by atoms with Crippen LogP contribution in [-0.2, 0) is 22.5 Å². The lowest BCUT2D eigenvalue weighted by Gasteiger charge is -2.06. The van der Waals surface area contributed by atoms with Gasteiger partial charge in [0, 0.05) is 29.0 Å². The maximum atomic E-state index is 11.5. The molecule has 0 atom stereocenters. The molecule has 0 saturated heterocycles. The molecule has 0 fully saturated rings. The first kappa shape index (κ1) is 20.8. The van der Waals surface area contributed by atoms with Crippen molar-refractivity contribution in [1.29, 1.82) is 0 Å². The minimum Gasteiger partial charge on any atom is -0.466 e. The number of nitrogens with zero attached hydrogens (tertiary/aromatic N) is 3. The lowest BCUT2D eigenvalue weighted by Crippen LogP contribution is -2.07. The number of hydrogen-bond acceptors (Lipinski definition) is 6. The number of nitrogens with one attached hydrogen (secondary N) is 1. The van der Waals surface area contributed by atoms with Gasteiger partial charge in [0.2, 0.25) is 5.13 Å². The zero-order valence-electron chi connectivity index (χ0n) is 17.5. The van der Waals surface area contributed by atoms with Gasteiger partial charge in [-0.25, -0.2) is 4.98 Å². The van der Waals surface area contributed by atoms with Crippen LogP contribution in [0.4, 0.5) is 5.13 Å². The lowest BCUT2D eigenvalue weighted by molar-refractivity contribution is -0.142. The first-order chi connectivity index (χ1) is 15.1. The van der Waals surface area contributed by atoms with E-state index in [2.05, 4.69) is 75.7 Å². The molecule has 0 aliphatic heterocycles. The van der Waals surface area contributed by atoms with Gasteiger partial charge in [-0.15, -0.1) is 11.3 Å². The van der Waals surface area contributed by atoms with E-state index in [-0.39, 0.29) is 12.4 Å². The van der Waals surface area contributed by atoms with Gasteiger partial charge >= 0.3 is 5.97 Å². The van der Waals surface area contributed by atoms with Crippen molar-refractivity contribution >= 4 is 39.6 Å². The van der Waals surface area contributed by atoms with Crippen LogP contribution >= 0.6 is 11.3 Å². The first-order valence-corrected chi connectivity index (χ1v) is 11.0. The molecule has 0 aliphatic rings. The van der Waals surface area contributed by atoms with Crippen LogP contribution in [0.3, 0.4) is 0 Å². The van der Waals surface area contributed by atoms with Crippen LogP contribution < -0.4 is 5.43 Å². The smallest absolute Gasteiger partial charge is 0.311 e. The highest BCUT2D eigenvalue weighted by Crippen LogP contribution is 2.19. The topological polar surface area (TPSA) is 68.5 Å². The van der Waals surface area contributed by atoms with Crippen molar-refractivity contribution in [2.45, 2.75) is 26.8 Å². The molecule has 2 aromatic heterocycles. The summed E-state index contributed by atoms with van der Waals surface area (Å²) >= 11 is 1.41. The van der Waals surface area contributed by atoms with Crippen LogP contribution in [0.1, 0.15) is 29.3 Å². The van der Waals surface area contributed by atoms with E-state index in [0.717, 1.165) is 12.1 Å². The number of aromatic nitrogens is 2. The third-order valence-electron chi connectivity index (χ3n) is 4.82. The van der Waals surface area contributed by atoms with Gasteiger partial charge in [-0.3, -0.25) is 10.2 Å². The second-order valence-electron chi connectivity index (χ2n) is 7.24. The summed E-state index contributed by atoms with van der Waals surface area (Å²) in [5.41, 5.74) is 8.34. The number of aryl methyl sites for hydroxylation is 1. The molecule has 0 spiro atoms. The van der Waals surface area contributed by atoms with Crippen molar-refractivity contribution in [3.8, 4) is 0 Å². The predicted molar refractivity (Wildman–Crippen MR) is 126 cm³/mol. The Morgan fingerprint density at radius 2 is 2.06 bits per heavy atom. The van der Waals surface area contributed by atoms with Gasteiger partial charge in [-0.2, -0.15) is 5.10 Å². The molecule has 0 radical (unpaired) electrons. The van der Waals surface area contributed by atoms with E-state index in [4.69, 9.17) is 4.74 Å². The third kappa shape index (κ3) is 5.38. The first-order valence-electron chi connectivity index (χ1n) is 10.1. The van der Waals surface area contributed by atoms with Gasteiger partial charge in [-0.05, 0) is 43.2 Å². The summed E-state index contributed by atoms with van der Waals surface area (Å²) in [6.45, 7) is 5.11. The van der Waals surface area contributed by atoms with Crippen molar-refractivity contribution in [3.05, 3.63) is 82.5 Å². The molecule has 7 heteroatoms. The van der Waals surface area contributed by atoms with E-state index in [1.54, 1.807) is 13.1 Å². The average Bonchev–Trinajstić information content (AvgIpc) is 3.36. The number of hydrogen-bond donors (Lipinski definition) is 1. The molecule has 31 heavy (non-hydrogen) atoms. The summed E-state index contributed by atoms with van der Waals surface area (Å²) < 4.78 is 7.19. The summed E-state index contributed by atoms with van der Waals surface area (Å²) in [7, 11) is 0. The number of carbonyl (C=O) groups excluding carboxylic acids is 1. The lowest BCUT2D eigenvalue weighted by atomic mass is 10.1. The number of benzene rings is 2. The van der Waals surface area contributed by atoms with Gasteiger partial charge in [0.15, 0.2) is 0 Å². The Morgan fingerprint density at radius 3 is 2.87 bits per heavy atom. The van der Waals surface area contributed by atoms with E-state index >= 15 is 0 Å². The number of rotatable bonds is 8. The Labute approximate surface area is 185 Å². The van der Waals surface area contributed by atoms with Crippen molar-refractivity contribution in [1.82, 2.24) is 9.55 Å². The van der Waals surface area contributed by atoms with E-state index in [9.17, 15) is 4.79 Å². The SMILES string of the molecule is CCOC(=O)Cc1csc(NN=Cc2ccc3c(ccn3Cc3ccc(C)cc3)c2)n1. The number of fused-ring (bicyclic) bond motifs is 1. The fraction of sp³-hybridized carbons (Fsp3) is 0.208. The minimum absolute atomic E-state index is 0.173. The van der Waals surface area contributed by atoms with Gasteiger partial charge in [0.25, 0.3) is 0 Å². The Hall–Kier alpha value is -3.45. The highest BCUT2D eigenvalue weighted by atomic mass is 32.1. The Balaban J connectivity index is 1.39. The molecule has 0 unspecified atom stereocenters. The van der Waals surface area contributed by atoms with Crippen LogP contribution in [0.5, 0.6) is 0 Å². The van der Waals surface area contributed by atoms with Crippen molar-refractivity contribution in [2.24, 2.45) is 5.10 Å². The summed E-state index contributed by atoms with van der Waals surface area (Å²) in [6.07, 6.45) is 4.06. The second-order valence-corrected chi connectivity index (χ2v) is 8.10. The zero-order valence-corrected chi connectivity index (χ0v) is 18.4. The zero-order chi connectivity index (χ0) is 21.6. The van der Waals surface area contributed by atoms with Crippen molar-refractivity contribution in [2.75, 3.05) is 12.0 Å². The Kier molecular flexibility index (Phi) is 6.43. The number of anilines is 1. The summed E-state index contributed by atoms with van der Waals surface area (Å²) in [5, 5.41) is 7.92. The molecule has 0 saturated carbocycles.